The zero-order chi connectivity index (χ0) is 19.1. The van der Waals surface area contributed by atoms with Crippen molar-refractivity contribution in [1.29, 1.82) is 0 Å². The van der Waals surface area contributed by atoms with E-state index in [0.29, 0.717) is 37.0 Å². The van der Waals surface area contributed by atoms with Gasteiger partial charge in [-0.15, -0.1) is 0 Å². The SMILES string of the molecule is O=C1S/C(=C/c2ccc(O)c(Br)c2)C(=O)N1Cc1cc2c(cc1Cl)OCO2. The molecule has 0 unspecified atom stereocenters. The number of imide groups is 1. The summed E-state index contributed by atoms with van der Waals surface area (Å²) in [6.07, 6.45) is 1.61. The lowest BCUT2D eigenvalue weighted by Gasteiger charge is -2.14. The predicted molar refractivity (Wildman–Crippen MR) is 105 cm³/mol. The molecule has 1 N–H and O–H groups in total. The second kappa shape index (κ2) is 7.10. The van der Waals surface area contributed by atoms with E-state index in [0.717, 1.165) is 16.7 Å². The first-order valence-electron chi connectivity index (χ1n) is 7.74. The molecule has 1 fully saturated rings. The van der Waals surface area contributed by atoms with Crippen LogP contribution in [-0.4, -0.2) is 27.9 Å². The van der Waals surface area contributed by atoms with Crippen molar-refractivity contribution in [3.05, 3.63) is 55.9 Å². The van der Waals surface area contributed by atoms with E-state index in [4.69, 9.17) is 21.1 Å². The highest BCUT2D eigenvalue weighted by molar-refractivity contribution is 9.10. The smallest absolute Gasteiger partial charge is 0.293 e. The molecule has 6 nitrogen and oxygen atoms in total. The average Bonchev–Trinajstić information content (AvgIpc) is 3.17. The molecule has 0 aliphatic carbocycles. The molecule has 2 heterocycles. The first kappa shape index (κ1) is 18.2. The topological polar surface area (TPSA) is 76.1 Å². The Hall–Kier alpha value is -2.16. The van der Waals surface area contributed by atoms with Crippen LogP contribution in [0.5, 0.6) is 17.2 Å². The van der Waals surface area contributed by atoms with Crippen molar-refractivity contribution in [3.8, 4) is 17.2 Å². The van der Waals surface area contributed by atoms with Crippen molar-refractivity contribution in [2.75, 3.05) is 6.79 Å². The lowest BCUT2D eigenvalue weighted by atomic mass is 10.1. The number of carbonyl (C=O) groups excluding carboxylic acids is 2. The highest BCUT2D eigenvalue weighted by atomic mass is 79.9. The molecule has 0 radical (unpaired) electrons. The van der Waals surface area contributed by atoms with Crippen molar-refractivity contribution in [1.82, 2.24) is 4.90 Å². The number of halogens is 2. The zero-order valence-corrected chi connectivity index (χ0v) is 16.7. The first-order chi connectivity index (χ1) is 12.9. The fourth-order valence-corrected chi connectivity index (χ4v) is 4.10. The van der Waals surface area contributed by atoms with Gasteiger partial charge in [-0.05, 0) is 63.1 Å². The lowest BCUT2D eigenvalue weighted by Crippen LogP contribution is -2.27. The summed E-state index contributed by atoms with van der Waals surface area (Å²) in [5.74, 6) is 0.766. The molecule has 2 aliphatic heterocycles. The van der Waals surface area contributed by atoms with E-state index < -0.39 is 5.91 Å². The number of ether oxygens (including phenoxy) is 2. The minimum Gasteiger partial charge on any atom is -0.507 e. The van der Waals surface area contributed by atoms with Gasteiger partial charge in [0.15, 0.2) is 11.5 Å². The maximum absolute atomic E-state index is 12.7. The van der Waals surface area contributed by atoms with Crippen LogP contribution in [0.25, 0.3) is 6.08 Å². The van der Waals surface area contributed by atoms with Gasteiger partial charge in [-0.1, -0.05) is 17.7 Å². The third kappa shape index (κ3) is 3.52. The number of fused-ring (bicyclic) bond motifs is 1. The van der Waals surface area contributed by atoms with Crippen molar-refractivity contribution in [2.24, 2.45) is 0 Å². The van der Waals surface area contributed by atoms with E-state index >= 15 is 0 Å². The van der Waals surface area contributed by atoms with Crippen LogP contribution in [0.4, 0.5) is 4.79 Å². The molecule has 27 heavy (non-hydrogen) atoms. The van der Waals surface area contributed by atoms with Crippen LogP contribution in [0.15, 0.2) is 39.7 Å². The summed E-state index contributed by atoms with van der Waals surface area (Å²) in [5, 5.41) is 9.58. The largest absolute Gasteiger partial charge is 0.507 e. The molecule has 2 aromatic carbocycles. The monoisotopic (exact) mass is 467 g/mol. The van der Waals surface area contributed by atoms with Crippen molar-refractivity contribution < 1.29 is 24.2 Å². The Bertz CT molecular complexity index is 1010. The van der Waals surface area contributed by atoms with Crippen molar-refractivity contribution >= 4 is 56.5 Å². The van der Waals surface area contributed by atoms with Gasteiger partial charge in [0.05, 0.1) is 15.9 Å². The Morgan fingerprint density at radius 3 is 2.70 bits per heavy atom. The normalized spacial score (nSPS) is 17.3. The van der Waals surface area contributed by atoms with Gasteiger partial charge >= 0.3 is 0 Å². The minimum atomic E-state index is -0.400. The number of nitrogens with zero attached hydrogens (tertiary/aromatic N) is 1. The van der Waals surface area contributed by atoms with Crippen LogP contribution in [0.3, 0.4) is 0 Å². The minimum absolute atomic E-state index is 0.0384. The number of aromatic hydroxyl groups is 1. The van der Waals surface area contributed by atoms with Gasteiger partial charge in [-0.2, -0.15) is 0 Å². The highest BCUT2D eigenvalue weighted by Gasteiger charge is 2.35. The van der Waals surface area contributed by atoms with Crippen LogP contribution in [0.2, 0.25) is 5.02 Å². The fraction of sp³-hybridized carbons (Fsp3) is 0.111. The molecule has 2 aliphatic rings. The molecule has 9 heteroatoms. The van der Waals surface area contributed by atoms with Crippen LogP contribution >= 0.6 is 39.3 Å². The van der Waals surface area contributed by atoms with Crippen molar-refractivity contribution in [2.45, 2.75) is 6.54 Å². The lowest BCUT2D eigenvalue weighted by molar-refractivity contribution is -0.123. The summed E-state index contributed by atoms with van der Waals surface area (Å²) >= 11 is 10.3. The van der Waals surface area contributed by atoms with E-state index in [2.05, 4.69) is 15.9 Å². The average molecular weight is 469 g/mol. The number of thioether (sulfide) groups is 1. The zero-order valence-electron chi connectivity index (χ0n) is 13.6. The Morgan fingerprint density at radius 1 is 1.22 bits per heavy atom. The van der Waals surface area contributed by atoms with Crippen molar-refractivity contribution in [3.63, 3.8) is 0 Å². The summed E-state index contributed by atoms with van der Waals surface area (Å²) in [6, 6.07) is 8.12. The van der Waals surface area contributed by atoms with Crippen LogP contribution in [-0.2, 0) is 11.3 Å². The highest BCUT2D eigenvalue weighted by Crippen LogP contribution is 2.39. The van der Waals surface area contributed by atoms with Crippen LogP contribution in [0.1, 0.15) is 11.1 Å². The summed E-state index contributed by atoms with van der Waals surface area (Å²) in [4.78, 5) is 26.4. The molecule has 0 aromatic heterocycles. The maximum atomic E-state index is 12.7. The molecular weight excluding hydrogens is 458 g/mol. The number of phenols is 1. The summed E-state index contributed by atoms with van der Waals surface area (Å²) in [6.45, 7) is 0.151. The van der Waals surface area contributed by atoms with Gasteiger partial charge in [0.2, 0.25) is 6.79 Å². The van der Waals surface area contributed by atoms with Crippen LogP contribution < -0.4 is 9.47 Å². The number of carbonyl (C=O) groups is 2. The Morgan fingerprint density at radius 2 is 1.96 bits per heavy atom. The maximum Gasteiger partial charge on any atom is 0.293 e. The third-order valence-electron chi connectivity index (χ3n) is 4.01. The van der Waals surface area contributed by atoms with E-state index in [1.807, 2.05) is 0 Å². The van der Waals surface area contributed by atoms with Gasteiger partial charge in [-0.3, -0.25) is 14.5 Å². The number of hydrogen-bond donors (Lipinski definition) is 1. The van der Waals surface area contributed by atoms with E-state index in [9.17, 15) is 14.7 Å². The van der Waals surface area contributed by atoms with E-state index in [1.165, 1.54) is 6.07 Å². The molecule has 0 saturated carbocycles. The van der Waals surface area contributed by atoms with Gasteiger partial charge in [0.1, 0.15) is 5.75 Å². The number of rotatable bonds is 3. The molecule has 4 rings (SSSR count). The summed E-state index contributed by atoms with van der Waals surface area (Å²) in [7, 11) is 0. The Balaban J connectivity index is 1.58. The van der Waals surface area contributed by atoms with Crippen LogP contribution in [0, 0.1) is 0 Å². The van der Waals surface area contributed by atoms with E-state index in [-0.39, 0.29) is 24.3 Å². The molecule has 1 saturated heterocycles. The van der Waals surface area contributed by atoms with Gasteiger partial charge in [0, 0.05) is 11.1 Å². The summed E-state index contributed by atoms with van der Waals surface area (Å²) in [5.41, 5.74) is 1.28. The Kier molecular flexibility index (Phi) is 4.79. The third-order valence-corrected chi connectivity index (χ3v) is 5.91. The number of amides is 2. The van der Waals surface area contributed by atoms with Gasteiger partial charge in [-0.25, -0.2) is 0 Å². The molecule has 0 atom stereocenters. The quantitative estimate of drug-likeness (QED) is 0.654. The van der Waals surface area contributed by atoms with Gasteiger partial charge < -0.3 is 14.6 Å². The fourth-order valence-electron chi connectivity index (χ4n) is 2.65. The molecule has 0 spiro atoms. The number of phenolic OH excluding ortho intramolecular Hbond substituents is 1. The van der Waals surface area contributed by atoms with Gasteiger partial charge in [0.25, 0.3) is 11.1 Å². The number of benzene rings is 2. The van der Waals surface area contributed by atoms with E-state index in [1.54, 1.807) is 30.3 Å². The molecule has 0 bridgehead atoms. The standard InChI is InChI=1S/C18H11BrClNO5S/c19-11-3-9(1-2-13(11)22)4-16-17(23)21(18(24)27-16)7-10-5-14-15(6-12(10)20)26-8-25-14/h1-6,22H,7-8H2/b16-4+. The number of hydrogen-bond acceptors (Lipinski definition) is 6. The summed E-state index contributed by atoms with van der Waals surface area (Å²) < 4.78 is 11.1. The first-order valence-corrected chi connectivity index (χ1v) is 9.73. The molecular formula is C18H11BrClNO5S. The Labute approximate surface area is 171 Å². The molecule has 2 amide bonds. The second-order valence-corrected chi connectivity index (χ2v) is 8.03. The predicted octanol–water partition coefficient (Wildman–Crippen LogP) is 4.77. The molecule has 2 aromatic rings. The molecule has 138 valence electrons. The second-order valence-electron chi connectivity index (χ2n) is 5.78.